The largest absolute Gasteiger partial charge is 1.00 e. The number of carbonyl (C=O) groups is 3. The first-order chi connectivity index (χ1) is 19.3. The maximum absolute atomic E-state index is 10.6. The van der Waals surface area contributed by atoms with Crippen molar-refractivity contribution >= 4 is 41.6 Å². The number of ether oxygens (including phenoxy) is 1. The van der Waals surface area contributed by atoms with Crippen LogP contribution in [0.1, 0.15) is 99.9 Å². The number of carbonyl (C=O) groups excluding carboxylic acids is 3. The van der Waals surface area contributed by atoms with E-state index in [0.29, 0.717) is 11.1 Å². The molecule has 0 aliphatic heterocycles. The van der Waals surface area contributed by atoms with Crippen molar-refractivity contribution in [2.24, 2.45) is 0 Å². The zero-order valence-electron chi connectivity index (χ0n) is 27.6. The van der Waals surface area contributed by atoms with Gasteiger partial charge in [-0.15, -0.1) is 0 Å². The van der Waals surface area contributed by atoms with Crippen LogP contribution in [0.5, 0.6) is 11.5 Å². The average Bonchev–Trinajstić information content (AvgIpc) is 2.96. The van der Waals surface area contributed by atoms with Gasteiger partial charge in [0.1, 0.15) is 24.1 Å². The van der Waals surface area contributed by atoms with Crippen LogP contribution in [0.15, 0.2) is 36.4 Å². The standard InChI is InChI=1S/C14H20O2.C8H8O2.C6H13I.CH3F.CH2O3.2K.H/c1-3-4-5-6-9-16-14-8-7-13(11-15)10-12(14)2;1-6-4-7(5-9)2-3-8(6)10;1-2-3-4-5-6-7;1-2;2-1-4-3;;;/h7-8,10-11H,3-6,9H2,1-2H3;2-5,10H,1H3;2-6H2,1H3;1H3;1,3H;;;/q;;;;;2*+1;-1/p-1/i;;;1D;;;;. The molecule has 0 radical (unpaired) electrons. The molecule has 0 bridgehead atoms. The van der Waals surface area contributed by atoms with E-state index in [0.717, 1.165) is 42.5 Å². The first-order valence-corrected chi connectivity index (χ1v) is 14.4. The summed E-state index contributed by atoms with van der Waals surface area (Å²) in [6.45, 7) is 8.74. The van der Waals surface area contributed by atoms with Gasteiger partial charge in [-0.25, -0.2) is 0 Å². The summed E-state index contributed by atoms with van der Waals surface area (Å²) >= 11 is 2.43. The Morgan fingerprint density at radius 1 is 0.902 bits per heavy atom. The van der Waals surface area contributed by atoms with Gasteiger partial charge < -0.3 is 21.4 Å². The monoisotopic (exact) mass is 743 g/mol. The van der Waals surface area contributed by atoms with E-state index in [4.69, 9.17) is 21.3 Å². The Balaban J connectivity index is -0.000000110. The number of benzene rings is 2. The predicted octanol–water partition coefficient (Wildman–Crippen LogP) is 1.42. The third-order valence-corrected chi connectivity index (χ3v) is 5.74. The van der Waals surface area contributed by atoms with E-state index in [1.165, 1.54) is 55.4 Å². The quantitative estimate of drug-likeness (QED) is 0.0629. The SMILES string of the molecule is CCCCCCI.CCCCCCOc1ccc(C=O)cc1C.Cc1cc(C=O)ccc1O.O=CO[O-].[2H]CF.[H-].[K+].[K+]. The molecular formula is C30H46FIK2O7. The fourth-order valence-corrected chi connectivity index (χ4v) is 3.43. The zero-order valence-corrected chi connectivity index (χ0v) is 34.0. The van der Waals surface area contributed by atoms with Gasteiger partial charge in [-0.2, -0.15) is 0 Å². The smallest absolute Gasteiger partial charge is 1.00 e. The van der Waals surface area contributed by atoms with Crippen LogP contribution in [0.4, 0.5) is 4.39 Å². The minimum Gasteiger partial charge on any atom is -1.00 e. The van der Waals surface area contributed by atoms with Crippen molar-refractivity contribution in [3.8, 4) is 11.5 Å². The second-order valence-electron chi connectivity index (χ2n) is 8.16. The molecule has 1 N–H and O–H groups in total. The van der Waals surface area contributed by atoms with E-state index in [-0.39, 0.29) is 116 Å². The molecule has 224 valence electrons. The third-order valence-electron chi connectivity index (χ3n) is 4.97. The molecule has 2 aromatic carbocycles. The summed E-state index contributed by atoms with van der Waals surface area (Å²) in [6, 6.07) is 10.3. The molecular weight excluding hydrogens is 696 g/mol. The topological polar surface area (TPSA) is 113 Å². The van der Waals surface area contributed by atoms with Crippen LogP contribution in [0.25, 0.3) is 0 Å². The van der Waals surface area contributed by atoms with Gasteiger partial charge in [-0.3, -0.25) is 18.8 Å². The van der Waals surface area contributed by atoms with Crippen LogP contribution in [-0.2, 0) is 9.68 Å². The molecule has 0 saturated heterocycles. The number of hydrogen-bond donors (Lipinski definition) is 1. The molecule has 0 unspecified atom stereocenters. The van der Waals surface area contributed by atoms with E-state index in [9.17, 15) is 14.0 Å². The second-order valence-corrected chi connectivity index (χ2v) is 9.24. The Bertz CT molecular complexity index is 898. The van der Waals surface area contributed by atoms with Crippen molar-refractivity contribution in [2.45, 2.75) is 79.1 Å². The van der Waals surface area contributed by atoms with Gasteiger partial charge in [0, 0.05) is 11.1 Å². The van der Waals surface area contributed by atoms with E-state index < -0.39 is 7.15 Å². The Morgan fingerprint density at radius 3 is 1.76 bits per heavy atom. The van der Waals surface area contributed by atoms with Gasteiger partial charge in [0.05, 0.1) is 15.1 Å². The predicted molar refractivity (Wildman–Crippen MR) is 163 cm³/mol. The number of rotatable bonds is 13. The summed E-state index contributed by atoms with van der Waals surface area (Å²) in [6.07, 6.45) is 12.1. The first kappa shape index (κ1) is 48.6. The number of phenols is 1. The summed E-state index contributed by atoms with van der Waals surface area (Å²) < 4.78 is 22.5. The molecule has 41 heavy (non-hydrogen) atoms. The van der Waals surface area contributed by atoms with Crippen LogP contribution in [-0.4, -0.2) is 42.3 Å². The van der Waals surface area contributed by atoms with E-state index in [2.05, 4.69) is 41.3 Å². The van der Waals surface area contributed by atoms with Crippen molar-refractivity contribution in [1.82, 2.24) is 0 Å². The molecule has 0 amide bonds. The van der Waals surface area contributed by atoms with Crippen LogP contribution >= 0.6 is 22.6 Å². The molecule has 0 spiro atoms. The van der Waals surface area contributed by atoms with E-state index in [1.807, 2.05) is 19.1 Å². The molecule has 7 nitrogen and oxygen atoms in total. The molecule has 0 fully saturated rings. The number of hydrogen-bond acceptors (Lipinski definition) is 7. The fourth-order valence-electron chi connectivity index (χ4n) is 2.89. The van der Waals surface area contributed by atoms with Crippen LogP contribution in [0.2, 0.25) is 0 Å². The van der Waals surface area contributed by atoms with Gasteiger partial charge in [0.2, 0.25) is 0 Å². The maximum Gasteiger partial charge on any atom is 1.00 e. The fraction of sp³-hybridized carbons (Fsp3) is 0.500. The summed E-state index contributed by atoms with van der Waals surface area (Å²) in [5.41, 5.74) is 3.05. The molecule has 0 aromatic heterocycles. The summed E-state index contributed by atoms with van der Waals surface area (Å²) in [7, 11) is -1.00. The average molecular weight is 744 g/mol. The van der Waals surface area contributed by atoms with Crippen molar-refractivity contribution in [1.29, 1.82) is 0 Å². The summed E-state index contributed by atoms with van der Waals surface area (Å²) in [4.78, 5) is 32.0. The molecule has 2 aromatic rings. The zero-order chi connectivity index (χ0) is 31.0. The van der Waals surface area contributed by atoms with Crippen molar-refractivity contribution in [3.63, 3.8) is 0 Å². The molecule has 0 heterocycles. The Hall–Kier alpha value is 0.743. The number of phenolic OH excluding ortho intramolecular Hbond substituents is 1. The minimum absolute atomic E-state index is 0. The molecule has 0 atom stereocenters. The van der Waals surface area contributed by atoms with Crippen molar-refractivity contribution < 1.29 is 144 Å². The number of aromatic hydroxyl groups is 1. The number of aryl methyl sites for hydroxylation is 2. The summed E-state index contributed by atoms with van der Waals surface area (Å²) in [5, 5.41) is 17.5. The number of alkyl halides is 2. The Labute approximate surface area is 347 Å². The normalized spacial score (nSPS) is 8.80. The number of halogens is 2. The molecule has 11 heteroatoms. The Kier molecular flexibility index (Phi) is 48.3. The molecule has 0 aliphatic carbocycles. The minimum atomic E-state index is -1.00. The van der Waals surface area contributed by atoms with Gasteiger partial charge >= 0.3 is 103 Å². The van der Waals surface area contributed by atoms with Gasteiger partial charge in [-0.05, 0) is 78.6 Å². The first-order valence-electron chi connectivity index (χ1n) is 13.5. The van der Waals surface area contributed by atoms with Gasteiger partial charge in [0.15, 0.2) is 0 Å². The van der Waals surface area contributed by atoms with Crippen molar-refractivity contribution in [2.75, 3.05) is 18.2 Å². The molecule has 0 aliphatic rings. The third kappa shape index (κ3) is 33.5. The summed E-state index contributed by atoms with van der Waals surface area (Å²) in [5.74, 6) is 1.12. The number of unbranched alkanes of at least 4 members (excludes halogenated alkanes) is 6. The van der Waals surface area contributed by atoms with Crippen LogP contribution in [0, 0.1) is 13.8 Å². The van der Waals surface area contributed by atoms with E-state index in [1.54, 1.807) is 25.1 Å². The van der Waals surface area contributed by atoms with Crippen molar-refractivity contribution in [3.05, 3.63) is 58.7 Å². The van der Waals surface area contributed by atoms with Crippen LogP contribution < -0.4 is 113 Å². The van der Waals surface area contributed by atoms with E-state index >= 15 is 0 Å². The van der Waals surface area contributed by atoms with Crippen LogP contribution in [0.3, 0.4) is 0 Å². The molecule has 0 saturated carbocycles. The number of aldehydes is 2. The van der Waals surface area contributed by atoms with Gasteiger partial charge in [-0.1, -0.05) is 75.0 Å². The molecule has 2 rings (SSSR count). The second kappa shape index (κ2) is 40.7. The maximum atomic E-state index is 10.6. The Morgan fingerprint density at radius 2 is 1.37 bits per heavy atom. The van der Waals surface area contributed by atoms with Gasteiger partial charge in [0.25, 0.3) is 6.47 Å².